The van der Waals surface area contributed by atoms with Gasteiger partial charge in [0.1, 0.15) is 0 Å². The predicted octanol–water partition coefficient (Wildman–Crippen LogP) is 1.54. The Bertz CT molecular complexity index is 789. The Balaban J connectivity index is 1.92. The van der Waals surface area contributed by atoms with E-state index in [1.165, 1.54) is 12.1 Å². The van der Waals surface area contributed by atoms with Gasteiger partial charge in [-0.15, -0.1) is 0 Å². The first-order valence-corrected chi connectivity index (χ1v) is 7.05. The smallest absolute Gasteiger partial charge is 0.262 e. The highest BCUT2D eigenvalue weighted by Gasteiger charge is 2.08. The number of hydrogen-bond donors (Lipinski definition) is 2. The molecule has 0 bridgehead atoms. The Labute approximate surface area is 138 Å². The van der Waals surface area contributed by atoms with Crippen LogP contribution in [0.1, 0.15) is 11.1 Å². The summed E-state index contributed by atoms with van der Waals surface area (Å²) in [6.45, 7) is 1.91. The SMILES string of the molecule is Cc1ccccc1NCC(=O)N/N=C\c1cccc([N+](=O)[O-])c1[O-]. The van der Waals surface area contributed by atoms with E-state index < -0.39 is 22.3 Å². The molecule has 0 aromatic heterocycles. The maximum Gasteiger partial charge on any atom is 0.262 e. The zero-order valence-electron chi connectivity index (χ0n) is 12.9. The van der Waals surface area contributed by atoms with E-state index in [9.17, 15) is 20.0 Å². The molecule has 0 atom stereocenters. The van der Waals surface area contributed by atoms with Gasteiger partial charge in [-0.2, -0.15) is 5.10 Å². The van der Waals surface area contributed by atoms with Crippen molar-refractivity contribution in [2.75, 3.05) is 11.9 Å². The van der Waals surface area contributed by atoms with Crippen molar-refractivity contribution in [2.24, 2.45) is 5.10 Å². The van der Waals surface area contributed by atoms with Crippen LogP contribution in [0.5, 0.6) is 5.75 Å². The molecule has 2 rings (SSSR count). The lowest BCUT2D eigenvalue weighted by atomic mass is 10.2. The van der Waals surface area contributed by atoms with Crippen LogP contribution < -0.4 is 15.8 Å². The van der Waals surface area contributed by atoms with E-state index >= 15 is 0 Å². The maximum atomic E-state index is 11.8. The summed E-state index contributed by atoms with van der Waals surface area (Å²) in [5, 5.41) is 29.1. The fraction of sp³-hybridized carbons (Fsp3) is 0.125. The van der Waals surface area contributed by atoms with Crippen LogP contribution in [-0.2, 0) is 4.79 Å². The third-order valence-corrected chi connectivity index (χ3v) is 3.20. The molecule has 2 N–H and O–H groups in total. The number of amides is 1. The number of aryl methyl sites for hydroxylation is 1. The second kappa shape index (κ2) is 7.73. The van der Waals surface area contributed by atoms with Gasteiger partial charge in [0.2, 0.25) is 0 Å². The highest BCUT2D eigenvalue weighted by atomic mass is 16.6. The Hall–Kier alpha value is -3.42. The van der Waals surface area contributed by atoms with Gasteiger partial charge in [-0.25, -0.2) is 5.43 Å². The van der Waals surface area contributed by atoms with Gasteiger partial charge in [0.25, 0.3) is 11.6 Å². The van der Waals surface area contributed by atoms with Crippen LogP contribution in [-0.4, -0.2) is 23.6 Å². The zero-order chi connectivity index (χ0) is 17.5. The van der Waals surface area contributed by atoms with E-state index in [0.717, 1.165) is 23.5 Å². The number of benzene rings is 2. The normalized spacial score (nSPS) is 10.5. The Morgan fingerprint density at radius 3 is 2.71 bits per heavy atom. The van der Waals surface area contributed by atoms with Crippen molar-refractivity contribution in [1.29, 1.82) is 0 Å². The number of anilines is 1. The second-order valence-electron chi connectivity index (χ2n) is 4.91. The van der Waals surface area contributed by atoms with Gasteiger partial charge in [0, 0.05) is 11.8 Å². The fourth-order valence-corrected chi connectivity index (χ4v) is 1.95. The molecule has 1 amide bonds. The lowest BCUT2D eigenvalue weighted by Crippen LogP contribution is -2.26. The number of nitro groups is 1. The number of para-hydroxylation sites is 2. The first-order chi connectivity index (χ1) is 11.5. The minimum atomic E-state index is -0.760. The number of carbonyl (C=O) groups is 1. The fourth-order valence-electron chi connectivity index (χ4n) is 1.95. The first kappa shape index (κ1) is 16.9. The molecule has 0 radical (unpaired) electrons. The molecule has 0 spiro atoms. The van der Waals surface area contributed by atoms with E-state index in [0.29, 0.717) is 0 Å². The molecule has 2 aromatic rings. The number of hydrazone groups is 1. The molecule has 0 aliphatic carbocycles. The largest absolute Gasteiger partial charge is 0.867 e. The van der Waals surface area contributed by atoms with Crippen molar-refractivity contribution in [3.05, 3.63) is 63.7 Å². The quantitative estimate of drug-likeness (QED) is 0.474. The number of nitrogens with zero attached hydrogens (tertiary/aromatic N) is 2. The molecule has 2 aromatic carbocycles. The van der Waals surface area contributed by atoms with Crippen LogP contribution in [0.15, 0.2) is 47.6 Å². The minimum Gasteiger partial charge on any atom is -0.867 e. The van der Waals surface area contributed by atoms with E-state index in [1.807, 2.05) is 31.2 Å². The third kappa shape index (κ3) is 4.29. The summed E-state index contributed by atoms with van der Waals surface area (Å²) in [5.41, 5.74) is 3.58. The Kier molecular flexibility index (Phi) is 5.45. The van der Waals surface area contributed by atoms with Crippen LogP contribution in [0.25, 0.3) is 0 Å². The summed E-state index contributed by atoms with van der Waals surface area (Å²) < 4.78 is 0. The molecular formula is C16H15N4O4-. The van der Waals surface area contributed by atoms with Gasteiger partial charge in [-0.05, 0) is 29.9 Å². The summed E-state index contributed by atoms with van der Waals surface area (Å²) in [6, 6.07) is 11.4. The molecule has 0 fully saturated rings. The number of rotatable bonds is 6. The molecule has 0 saturated heterocycles. The summed E-state index contributed by atoms with van der Waals surface area (Å²) in [5.74, 6) is -1.16. The second-order valence-corrected chi connectivity index (χ2v) is 4.91. The highest BCUT2D eigenvalue weighted by molar-refractivity contribution is 5.87. The number of carbonyl (C=O) groups excluding carboxylic acids is 1. The van der Waals surface area contributed by atoms with E-state index in [1.54, 1.807) is 0 Å². The highest BCUT2D eigenvalue weighted by Crippen LogP contribution is 2.24. The van der Waals surface area contributed by atoms with Crippen molar-refractivity contribution in [3.8, 4) is 5.75 Å². The van der Waals surface area contributed by atoms with E-state index in [2.05, 4.69) is 15.8 Å². The summed E-state index contributed by atoms with van der Waals surface area (Å²) in [6.07, 6.45) is 1.08. The monoisotopic (exact) mass is 327 g/mol. The van der Waals surface area contributed by atoms with Crippen LogP contribution >= 0.6 is 0 Å². The minimum absolute atomic E-state index is 0.00135. The number of nitro benzene ring substituents is 1. The van der Waals surface area contributed by atoms with Crippen LogP contribution in [0.2, 0.25) is 0 Å². The zero-order valence-corrected chi connectivity index (χ0v) is 12.9. The van der Waals surface area contributed by atoms with Crippen LogP contribution in [0, 0.1) is 17.0 Å². The molecule has 8 nitrogen and oxygen atoms in total. The summed E-state index contributed by atoms with van der Waals surface area (Å²) in [7, 11) is 0. The molecule has 124 valence electrons. The van der Waals surface area contributed by atoms with Crippen molar-refractivity contribution < 1.29 is 14.8 Å². The number of nitrogens with one attached hydrogen (secondary N) is 2. The standard InChI is InChI=1S/C16H16N4O4/c1-11-5-2-3-7-13(11)17-10-15(21)19-18-9-12-6-4-8-14(16(12)22)20(23)24/h2-9,17,22H,10H2,1H3,(H,19,21)/p-1/b18-9-. The molecule has 0 saturated carbocycles. The topological polar surface area (TPSA) is 120 Å². The average molecular weight is 327 g/mol. The molecule has 0 aliphatic rings. The molecule has 0 heterocycles. The molecule has 0 unspecified atom stereocenters. The van der Waals surface area contributed by atoms with Gasteiger partial charge in [-0.1, -0.05) is 30.3 Å². The van der Waals surface area contributed by atoms with Crippen LogP contribution in [0.4, 0.5) is 11.4 Å². The molecule has 8 heteroatoms. The Morgan fingerprint density at radius 2 is 2.00 bits per heavy atom. The average Bonchev–Trinajstić information content (AvgIpc) is 2.55. The van der Waals surface area contributed by atoms with Crippen molar-refractivity contribution in [3.63, 3.8) is 0 Å². The van der Waals surface area contributed by atoms with Crippen molar-refractivity contribution in [2.45, 2.75) is 6.92 Å². The summed E-state index contributed by atoms with van der Waals surface area (Å²) in [4.78, 5) is 21.6. The molecule has 0 aliphatic heterocycles. The van der Waals surface area contributed by atoms with Gasteiger partial charge in [0.15, 0.2) is 0 Å². The maximum absolute atomic E-state index is 11.8. The third-order valence-electron chi connectivity index (χ3n) is 3.20. The van der Waals surface area contributed by atoms with Gasteiger partial charge < -0.3 is 10.4 Å². The van der Waals surface area contributed by atoms with Crippen molar-refractivity contribution in [1.82, 2.24) is 5.43 Å². The predicted molar refractivity (Wildman–Crippen MR) is 87.9 cm³/mol. The Morgan fingerprint density at radius 1 is 1.25 bits per heavy atom. The van der Waals surface area contributed by atoms with Gasteiger partial charge >= 0.3 is 0 Å². The van der Waals surface area contributed by atoms with Crippen molar-refractivity contribution >= 4 is 23.5 Å². The lowest BCUT2D eigenvalue weighted by Gasteiger charge is -2.10. The first-order valence-electron chi connectivity index (χ1n) is 7.05. The van der Waals surface area contributed by atoms with Gasteiger partial charge in [-0.3, -0.25) is 14.9 Å². The van der Waals surface area contributed by atoms with E-state index in [-0.39, 0.29) is 12.1 Å². The van der Waals surface area contributed by atoms with E-state index in [4.69, 9.17) is 0 Å². The molecule has 24 heavy (non-hydrogen) atoms. The summed E-state index contributed by atoms with van der Waals surface area (Å²) >= 11 is 0. The molecular weight excluding hydrogens is 312 g/mol. The van der Waals surface area contributed by atoms with Gasteiger partial charge in [0.05, 0.1) is 17.7 Å². The van der Waals surface area contributed by atoms with Crippen LogP contribution in [0.3, 0.4) is 0 Å². The number of hydrogen-bond acceptors (Lipinski definition) is 6. The lowest BCUT2D eigenvalue weighted by molar-refractivity contribution is -0.398.